The highest BCUT2D eigenvalue weighted by Gasteiger charge is 2.24. The molecule has 86 valence electrons. The van der Waals surface area contributed by atoms with E-state index in [2.05, 4.69) is 46.8 Å². The van der Waals surface area contributed by atoms with Crippen molar-refractivity contribution >= 4 is 11.3 Å². The Morgan fingerprint density at radius 3 is 2.00 bits per heavy atom. The highest BCUT2D eigenvalue weighted by Crippen LogP contribution is 2.36. The zero-order chi connectivity index (χ0) is 11.7. The van der Waals surface area contributed by atoms with Crippen LogP contribution in [0.3, 0.4) is 0 Å². The van der Waals surface area contributed by atoms with Crippen molar-refractivity contribution in [2.24, 2.45) is 5.73 Å². The number of thiophene rings is 1. The number of hydrogen-bond acceptors (Lipinski definition) is 2. The minimum atomic E-state index is 0.225. The standard InChI is InChI=1S/C13H23NS/c1-12(2,3)10-6-7-11(15-10)13(4,5)8-9-14/h6-7H,8-9,14H2,1-5H3. The number of hydrogen-bond donors (Lipinski definition) is 1. The summed E-state index contributed by atoms with van der Waals surface area (Å²) in [7, 11) is 0. The summed E-state index contributed by atoms with van der Waals surface area (Å²) in [6.07, 6.45) is 1.05. The molecule has 0 fully saturated rings. The van der Waals surface area contributed by atoms with Gasteiger partial charge in [0.05, 0.1) is 0 Å². The lowest BCUT2D eigenvalue weighted by atomic mass is 9.87. The Morgan fingerprint density at radius 2 is 1.60 bits per heavy atom. The van der Waals surface area contributed by atoms with Crippen molar-refractivity contribution in [3.63, 3.8) is 0 Å². The Morgan fingerprint density at radius 1 is 1.07 bits per heavy atom. The third-order valence-corrected chi connectivity index (χ3v) is 4.66. The molecule has 0 saturated heterocycles. The quantitative estimate of drug-likeness (QED) is 0.834. The minimum Gasteiger partial charge on any atom is -0.330 e. The van der Waals surface area contributed by atoms with E-state index in [0.29, 0.717) is 0 Å². The van der Waals surface area contributed by atoms with E-state index in [0.717, 1.165) is 13.0 Å². The first-order valence-electron chi connectivity index (χ1n) is 5.58. The van der Waals surface area contributed by atoms with Gasteiger partial charge in [0.2, 0.25) is 0 Å². The van der Waals surface area contributed by atoms with E-state index in [1.807, 2.05) is 11.3 Å². The second-order valence-corrected chi connectivity index (χ2v) is 6.92. The maximum absolute atomic E-state index is 5.65. The molecule has 0 aliphatic heterocycles. The first-order chi connectivity index (χ1) is 6.77. The minimum absolute atomic E-state index is 0.225. The number of nitrogens with two attached hydrogens (primary N) is 1. The molecule has 15 heavy (non-hydrogen) atoms. The first kappa shape index (κ1) is 12.7. The van der Waals surface area contributed by atoms with Gasteiger partial charge in [0.25, 0.3) is 0 Å². The fourth-order valence-electron chi connectivity index (χ4n) is 1.59. The smallest absolute Gasteiger partial charge is 0.0105 e. The molecule has 0 aliphatic carbocycles. The van der Waals surface area contributed by atoms with Crippen molar-refractivity contribution in [3.05, 3.63) is 21.9 Å². The molecule has 0 unspecified atom stereocenters. The molecule has 0 radical (unpaired) electrons. The molecule has 1 heterocycles. The molecule has 2 heteroatoms. The van der Waals surface area contributed by atoms with Gasteiger partial charge in [-0.1, -0.05) is 34.6 Å². The lowest BCUT2D eigenvalue weighted by molar-refractivity contribution is 0.497. The van der Waals surface area contributed by atoms with Gasteiger partial charge in [-0.3, -0.25) is 0 Å². The zero-order valence-corrected chi connectivity index (χ0v) is 11.4. The fourth-order valence-corrected chi connectivity index (χ4v) is 2.78. The van der Waals surface area contributed by atoms with Gasteiger partial charge < -0.3 is 5.73 Å². The number of rotatable bonds is 3. The summed E-state index contributed by atoms with van der Waals surface area (Å²) in [4.78, 5) is 2.92. The van der Waals surface area contributed by atoms with Gasteiger partial charge in [-0.25, -0.2) is 0 Å². The lowest BCUT2D eigenvalue weighted by Gasteiger charge is -2.22. The highest BCUT2D eigenvalue weighted by molar-refractivity contribution is 7.12. The van der Waals surface area contributed by atoms with E-state index >= 15 is 0 Å². The Balaban J connectivity index is 2.94. The predicted octanol–water partition coefficient (Wildman–Crippen LogP) is 3.67. The monoisotopic (exact) mass is 225 g/mol. The van der Waals surface area contributed by atoms with Crippen molar-refractivity contribution in [2.75, 3.05) is 6.54 Å². The van der Waals surface area contributed by atoms with Gasteiger partial charge in [0, 0.05) is 15.2 Å². The van der Waals surface area contributed by atoms with Crippen molar-refractivity contribution in [1.29, 1.82) is 0 Å². The summed E-state index contributed by atoms with van der Waals surface area (Å²) in [5.74, 6) is 0. The molecule has 0 aliphatic rings. The summed E-state index contributed by atoms with van der Waals surface area (Å²) in [5, 5.41) is 0. The van der Waals surface area contributed by atoms with Crippen LogP contribution in [0.25, 0.3) is 0 Å². The van der Waals surface area contributed by atoms with Crippen LogP contribution in [0.5, 0.6) is 0 Å². The van der Waals surface area contributed by atoms with Gasteiger partial charge in [-0.15, -0.1) is 11.3 Å². The van der Waals surface area contributed by atoms with Crippen molar-refractivity contribution in [2.45, 2.75) is 51.9 Å². The van der Waals surface area contributed by atoms with Crippen LogP contribution >= 0.6 is 11.3 Å². The molecular formula is C13H23NS. The van der Waals surface area contributed by atoms with E-state index in [1.165, 1.54) is 9.75 Å². The molecule has 0 spiro atoms. The summed E-state index contributed by atoms with van der Waals surface area (Å²) < 4.78 is 0. The Kier molecular flexibility index (Phi) is 3.62. The summed E-state index contributed by atoms with van der Waals surface area (Å²) in [5.41, 5.74) is 6.14. The molecule has 0 amide bonds. The molecule has 1 rings (SSSR count). The molecule has 0 bridgehead atoms. The van der Waals surface area contributed by atoms with Crippen LogP contribution in [0.4, 0.5) is 0 Å². The molecule has 0 atom stereocenters. The topological polar surface area (TPSA) is 26.0 Å². The van der Waals surface area contributed by atoms with Crippen molar-refractivity contribution in [3.8, 4) is 0 Å². The van der Waals surface area contributed by atoms with Crippen molar-refractivity contribution in [1.82, 2.24) is 0 Å². The predicted molar refractivity (Wildman–Crippen MR) is 69.7 cm³/mol. The molecular weight excluding hydrogens is 202 g/mol. The maximum Gasteiger partial charge on any atom is 0.0105 e. The highest BCUT2D eigenvalue weighted by atomic mass is 32.1. The van der Waals surface area contributed by atoms with Crippen LogP contribution in [0.2, 0.25) is 0 Å². The second kappa shape index (κ2) is 4.26. The molecule has 1 aromatic rings. The van der Waals surface area contributed by atoms with E-state index in [9.17, 15) is 0 Å². The van der Waals surface area contributed by atoms with E-state index in [4.69, 9.17) is 5.73 Å². The van der Waals surface area contributed by atoms with Crippen LogP contribution in [0.1, 0.15) is 50.8 Å². The van der Waals surface area contributed by atoms with Crippen LogP contribution in [-0.2, 0) is 10.8 Å². The van der Waals surface area contributed by atoms with E-state index in [-0.39, 0.29) is 10.8 Å². The average Bonchev–Trinajstić information content (AvgIpc) is 2.50. The molecule has 0 aromatic carbocycles. The average molecular weight is 225 g/mol. The van der Waals surface area contributed by atoms with Gasteiger partial charge >= 0.3 is 0 Å². The Hall–Kier alpha value is -0.340. The van der Waals surface area contributed by atoms with Gasteiger partial charge in [-0.05, 0) is 30.5 Å². The molecule has 1 nitrogen and oxygen atoms in total. The van der Waals surface area contributed by atoms with Crippen LogP contribution in [0, 0.1) is 0 Å². The first-order valence-corrected chi connectivity index (χ1v) is 6.40. The fraction of sp³-hybridized carbons (Fsp3) is 0.692. The molecule has 0 saturated carbocycles. The largest absolute Gasteiger partial charge is 0.330 e. The van der Waals surface area contributed by atoms with Gasteiger partial charge in [0.15, 0.2) is 0 Å². The van der Waals surface area contributed by atoms with E-state index < -0.39 is 0 Å². The van der Waals surface area contributed by atoms with Gasteiger partial charge in [-0.2, -0.15) is 0 Å². The summed E-state index contributed by atoms with van der Waals surface area (Å²) in [6.45, 7) is 12.1. The van der Waals surface area contributed by atoms with E-state index in [1.54, 1.807) is 0 Å². The lowest BCUT2D eigenvalue weighted by Crippen LogP contribution is -2.20. The third kappa shape index (κ3) is 3.05. The summed E-state index contributed by atoms with van der Waals surface area (Å²) >= 11 is 1.93. The molecule has 1 aromatic heterocycles. The van der Waals surface area contributed by atoms with Crippen LogP contribution in [-0.4, -0.2) is 6.54 Å². The third-order valence-electron chi connectivity index (χ3n) is 2.78. The van der Waals surface area contributed by atoms with Crippen LogP contribution in [0.15, 0.2) is 12.1 Å². The molecule has 2 N–H and O–H groups in total. The van der Waals surface area contributed by atoms with Crippen molar-refractivity contribution < 1.29 is 0 Å². The Labute approximate surface area is 97.7 Å². The normalized spacial score (nSPS) is 13.2. The maximum atomic E-state index is 5.65. The van der Waals surface area contributed by atoms with Crippen LogP contribution < -0.4 is 5.73 Å². The second-order valence-electron chi connectivity index (χ2n) is 5.84. The van der Waals surface area contributed by atoms with Gasteiger partial charge in [0.1, 0.15) is 0 Å². The zero-order valence-electron chi connectivity index (χ0n) is 10.6. The summed E-state index contributed by atoms with van der Waals surface area (Å²) in [6, 6.07) is 4.53. The Bertz CT molecular complexity index is 318. The SMILES string of the molecule is CC(C)(C)c1ccc(C(C)(C)CCN)s1.